The summed E-state index contributed by atoms with van der Waals surface area (Å²) in [5.74, 6) is 1.47. The van der Waals surface area contributed by atoms with Gasteiger partial charge in [-0.05, 0) is 35.4 Å². The minimum Gasteiger partial charge on any atom is -0.461 e. The van der Waals surface area contributed by atoms with Crippen LogP contribution in [0.1, 0.15) is 19.4 Å². The summed E-state index contributed by atoms with van der Waals surface area (Å²) in [7, 11) is 0. The fourth-order valence-corrected chi connectivity index (χ4v) is 4.11. The molecule has 0 saturated carbocycles. The Morgan fingerprint density at radius 2 is 2.28 bits per heavy atom. The molecule has 0 aliphatic heterocycles. The number of hydrogen-bond donors (Lipinski definition) is 0. The molecule has 4 aromatic heterocycles. The van der Waals surface area contributed by atoms with Crippen molar-refractivity contribution in [2.45, 2.75) is 26.8 Å². The molecule has 0 unspecified atom stereocenters. The average Bonchev–Trinajstić information content (AvgIpc) is 3.29. The fourth-order valence-electron chi connectivity index (χ4n) is 3.02. The van der Waals surface area contributed by atoms with E-state index in [2.05, 4.69) is 35.9 Å². The first-order valence-corrected chi connectivity index (χ1v) is 9.02. The van der Waals surface area contributed by atoms with E-state index < -0.39 is 0 Å². The van der Waals surface area contributed by atoms with Crippen molar-refractivity contribution in [1.29, 1.82) is 0 Å². The van der Waals surface area contributed by atoms with Gasteiger partial charge >= 0.3 is 5.69 Å². The zero-order valence-corrected chi connectivity index (χ0v) is 14.9. The maximum absolute atomic E-state index is 12.9. The van der Waals surface area contributed by atoms with Crippen molar-refractivity contribution in [1.82, 2.24) is 19.2 Å². The molecule has 0 amide bonds. The van der Waals surface area contributed by atoms with Crippen LogP contribution in [0.15, 0.2) is 45.6 Å². The molecular formula is C18H18N4O2S. The highest BCUT2D eigenvalue weighted by Crippen LogP contribution is 2.30. The Hall–Kier alpha value is -2.67. The highest BCUT2D eigenvalue weighted by Gasteiger charge is 2.20. The van der Waals surface area contributed by atoms with Gasteiger partial charge < -0.3 is 4.42 Å². The predicted octanol–water partition coefficient (Wildman–Crippen LogP) is 3.75. The highest BCUT2D eigenvalue weighted by molar-refractivity contribution is 7.17. The summed E-state index contributed by atoms with van der Waals surface area (Å²) in [5.41, 5.74) is 1.56. The number of thiophene rings is 1. The predicted molar refractivity (Wildman–Crippen MR) is 99.1 cm³/mol. The van der Waals surface area contributed by atoms with Gasteiger partial charge in [-0.1, -0.05) is 19.9 Å². The zero-order chi connectivity index (χ0) is 17.6. The van der Waals surface area contributed by atoms with Gasteiger partial charge in [-0.2, -0.15) is 4.52 Å². The lowest BCUT2D eigenvalue weighted by atomic mass is 10.0. The Bertz CT molecular complexity index is 1120. The van der Waals surface area contributed by atoms with Crippen LogP contribution in [-0.4, -0.2) is 19.2 Å². The van der Waals surface area contributed by atoms with Gasteiger partial charge in [0.1, 0.15) is 4.83 Å². The lowest BCUT2D eigenvalue weighted by molar-refractivity contribution is 0.576. The summed E-state index contributed by atoms with van der Waals surface area (Å²) in [5, 5.41) is 7.50. The van der Waals surface area contributed by atoms with E-state index in [9.17, 15) is 4.79 Å². The number of hydrogen-bond acceptors (Lipinski definition) is 5. The average molecular weight is 354 g/mol. The van der Waals surface area contributed by atoms with Gasteiger partial charge in [0, 0.05) is 6.54 Å². The molecular weight excluding hydrogens is 336 g/mol. The standard InChI is InChI=1S/C18H18N4O2S/c1-4-7-21-17-14(12(10-25-17)9-11(2)3)16-19-15(13-6-5-8-24-13)20-22(16)18(21)23/h4-6,8,10-11H,1,7,9H2,2-3H3. The summed E-state index contributed by atoms with van der Waals surface area (Å²) >= 11 is 1.57. The Kier molecular flexibility index (Phi) is 3.80. The number of allylic oxidation sites excluding steroid dienone is 1. The molecule has 0 aliphatic carbocycles. The number of aromatic nitrogens is 4. The van der Waals surface area contributed by atoms with Crippen LogP contribution in [0, 0.1) is 5.92 Å². The third-order valence-corrected chi connectivity index (χ3v) is 5.07. The van der Waals surface area contributed by atoms with Crippen LogP contribution in [0.4, 0.5) is 0 Å². The molecule has 7 heteroatoms. The van der Waals surface area contributed by atoms with E-state index in [0.717, 1.165) is 16.6 Å². The molecule has 0 N–H and O–H groups in total. The van der Waals surface area contributed by atoms with Crippen LogP contribution >= 0.6 is 11.3 Å². The number of rotatable bonds is 5. The Morgan fingerprint density at radius 3 is 2.96 bits per heavy atom. The molecule has 0 saturated heterocycles. The molecule has 4 aromatic rings. The molecule has 0 bridgehead atoms. The smallest absolute Gasteiger partial charge is 0.352 e. The number of nitrogens with zero attached hydrogens (tertiary/aromatic N) is 4. The molecule has 0 aliphatic rings. The van der Waals surface area contributed by atoms with Gasteiger partial charge in [0.2, 0.25) is 5.82 Å². The van der Waals surface area contributed by atoms with Crippen molar-refractivity contribution < 1.29 is 4.42 Å². The van der Waals surface area contributed by atoms with E-state index in [0.29, 0.717) is 29.7 Å². The summed E-state index contributed by atoms with van der Waals surface area (Å²) in [4.78, 5) is 18.4. The Balaban J connectivity index is 2.09. The first-order valence-electron chi connectivity index (χ1n) is 8.14. The van der Waals surface area contributed by atoms with E-state index >= 15 is 0 Å². The third kappa shape index (κ3) is 2.51. The van der Waals surface area contributed by atoms with Gasteiger partial charge in [0.25, 0.3) is 0 Å². The van der Waals surface area contributed by atoms with Crippen LogP contribution in [0.25, 0.3) is 27.4 Å². The van der Waals surface area contributed by atoms with Crippen LogP contribution < -0.4 is 5.69 Å². The van der Waals surface area contributed by atoms with Crippen molar-refractivity contribution in [3.05, 3.63) is 52.5 Å². The van der Waals surface area contributed by atoms with Crippen molar-refractivity contribution in [3.8, 4) is 11.6 Å². The number of fused-ring (bicyclic) bond motifs is 3. The van der Waals surface area contributed by atoms with Gasteiger partial charge in [-0.25, -0.2) is 9.78 Å². The van der Waals surface area contributed by atoms with Crippen molar-refractivity contribution >= 4 is 27.2 Å². The Labute approximate surface area is 148 Å². The zero-order valence-electron chi connectivity index (χ0n) is 14.1. The first kappa shape index (κ1) is 15.8. The molecule has 25 heavy (non-hydrogen) atoms. The molecule has 0 radical (unpaired) electrons. The minimum absolute atomic E-state index is 0.217. The minimum atomic E-state index is -0.217. The van der Waals surface area contributed by atoms with E-state index in [-0.39, 0.29) is 5.69 Å². The van der Waals surface area contributed by atoms with Gasteiger partial charge in [-0.15, -0.1) is 23.0 Å². The number of furan rings is 1. The normalized spacial score (nSPS) is 11.8. The molecule has 0 atom stereocenters. The summed E-state index contributed by atoms with van der Waals surface area (Å²) in [6.07, 6.45) is 4.21. The van der Waals surface area contributed by atoms with Crippen LogP contribution in [-0.2, 0) is 13.0 Å². The summed E-state index contributed by atoms with van der Waals surface area (Å²) < 4.78 is 8.47. The molecule has 4 heterocycles. The Morgan fingerprint density at radius 1 is 1.44 bits per heavy atom. The van der Waals surface area contributed by atoms with E-state index in [1.54, 1.807) is 40.4 Å². The molecule has 6 nitrogen and oxygen atoms in total. The second-order valence-corrected chi connectivity index (χ2v) is 7.23. The fraction of sp³-hybridized carbons (Fsp3) is 0.278. The maximum atomic E-state index is 12.9. The molecule has 4 rings (SSSR count). The van der Waals surface area contributed by atoms with Crippen molar-refractivity contribution in [3.63, 3.8) is 0 Å². The lowest BCUT2D eigenvalue weighted by Crippen LogP contribution is -2.27. The topological polar surface area (TPSA) is 65.3 Å². The quantitative estimate of drug-likeness (QED) is 0.512. The highest BCUT2D eigenvalue weighted by atomic mass is 32.1. The van der Waals surface area contributed by atoms with Gasteiger partial charge in [0.05, 0.1) is 11.6 Å². The molecule has 0 fully saturated rings. The van der Waals surface area contributed by atoms with Gasteiger partial charge in [0.15, 0.2) is 11.4 Å². The SMILES string of the molecule is C=CCn1c(=O)n2nc(-c3ccco3)nc2c2c(CC(C)C)csc21. The molecule has 0 spiro atoms. The summed E-state index contributed by atoms with van der Waals surface area (Å²) in [6, 6.07) is 3.57. The maximum Gasteiger partial charge on any atom is 0.352 e. The molecule has 0 aromatic carbocycles. The second kappa shape index (κ2) is 6.00. The van der Waals surface area contributed by atoms with Crippen molar-refractivity contribution in [2.75, 3.05) is 0 Å². The van der Waals surface area contributed by atoms with Gasteiger partial charge in [-0.3, -0.25) is 4.57 Å². The van der Waals surface area contributed by atoms with E-state index in [1.807, 2.05) is 0 Å². The largest absolute Gasteiger partial charge is 0.461 e. The van der Waals surface area contributed by atoms with E-state index in [1.165, 1.54) is 10.1 Å². The van der Waals surface area contributed by atoms with Crippen LogP contribution in [0.2, 0.25) is 0 Å². The van der Waals surface area contributed by atoms with E-state index in [4.69, 9.17) is 4.42 Å². The van der Waals surface area contributed by atoms with Crippen LogP contribution in [0.5, 0.6) is 0 Å². The lowest BCUT2D eigenvalue weighted by Gasteiger charge is -2.07. The third-order valence-electron chi connectivity index (χ3n) is 4.02. The second-order valence-electron chi connectivity index (χ2n) is 6.37. The monoisotopic (exact) mass is 354 g/mol. The summed E-state index contributed by atoms with van der Waals surface area (Å²) in [6.45, 7) is 8.56. The first-order chi connectivity index (χ1) is 12.1. The molecule has 128 valence electrons. The van der Waals surface area contributed by atoms with Crippen molar-refractivity contribution in [2.24, 2.45) is 5.92 Å². The van der Waals surface area contributed by atoms with Crippen LogP contribution in [0.3, 0.4) is 0 Å².